The van der Waals surface area contributed by atoms with Crippen molar-refractivity contribution in [1.82, 2.24) is 4.98 Å². The minimum Gasteiger partial charge on any atom is -0.497 e. The van der Waals surface area contributed by atoms with Crippen LogP contribution in [0.15, 0.2) is 24.3 Å². The van der Waals surface area contributed by atoms with Crippen molar-refractivity contribution < 1.29 is 34.0 Å². The zero-order chi connectivity index (χ0) is 17.0. The van der Waals surface area contributed by atoms with Crippen LogP contribution in [0.25, 0.3) is 0 Å². The number of aryl methyl sites for hydroxylation is 1. The second-order valence-electron chi connectivity index (χ2n) is 4.65. The van der Waals surface area contributed by atoms with Gasteiger partial charge in [-0.15, -0.1) is 0 Å². The molecule has 2 rings (SSSR count). The van der Waals surface area contributed by atoms with Crippen LogP contribution >= 0.6 is 0 Å². The third-order valence-electron chi connectivity index (χ3n) is 3.15. The lowest BCUT2D eigenvalue weighted by Crippen LogP contribution is -2.08. The van der Waals surface area contributed by atoms with Gasteiger partial charge in [-0.2, -0.15) is 0 Å². The number of carboxylic acid groups (broad SMARTS) is 2. The number of benzene rings is 1. The number of methoxy groups -OCH3 is 1. The van der Waals surface area contributed by atoms with Crippen molar-refractivity contribution in [3.8, 4) is 17.4 Å². The number of ether oxygens (including phenoxy) is 3. The maximum atomic E-state index is 10.8. The Labute approximate surface area is 131 Å². The minimum absolute atomic E-state index is 0.159. The number of carbonyl (C=O) groups is 2. The molecule has 0 aliphatic rings. The molecule has 0 unspecified atom stereocenters. The van der Waals surface area contributed by atoms with Gasteiger partial charge in [0.15, 0.2) is 5.75 Å². The average molecular weight is 321 g/mol. The van der Waals surface area contributed by atoms with Gasteiger partial charge in [0.05, 0.1) is 7.11 Å². The Hall–Kier alpha value is -3.16. The molecular weight excluding hydrogens is 306 g/mol. The van der Waals surface area contributed by atoms with Crippen molar-refractivity contribution in [2.24, 2.45) is 0 Å². The number of nitrogens with one attached hydrogen (secondary N) is 1. The maximum Gasteiger partial charge on any atom is 0.512 e. The molecule has 0 aliphatic heterocycles. The Morgan fingerprint density at radius 2 is 1.70 bits per heavy atom. The van der Waals surface area contributed by atoms with Gasteiger partial charge in [-0.25, -0.2) is 9.59 Å². The largest absolute Gasteiger partial charge is 0.512 e. The molecule has 1 aromatic carbocycles. The van der Waals surface area contributed by atoms with E-state index in [0.717, 1.165) is 5.56 Å². The third-order valence-corrected chi connectivity index (χ3v) is 3.15. The molecule has 3 N–H and O–H groups in total. The molecule has 0 spiro atoms. The number of aromatic amines is 1. The second kappa shape index (κ2) is 6.73. The first-order valence-electron chi connectivity index (χ1n) is 6.56. The van der Waals surface area contributed by atoms with Crippen molar-refractivity contribution in [2.45, 2.75) is 13.3 Å². The highest BCUT2D eigenvalue weighted by Crippen LogP contribution is 2.35. The summed E-state index contributed by atoms with van der Waals surface area (Å²) in [5.74, 6) is 0.269. The van der Waals surface area contributed by atoms with Gasteiger partial charge in [-0.05, 0) is 24.6 Å². The van der Waals surface area contributed by atoms with E-state index in [4.69, 9.17) is 14.9 Å². The lowest BCUT2D eigenvalue weighted by molar-refractivity contribution is 0.131. The Morgan fingerprint density at radius 3 is 2.22 bits per heavy atom. The van der Waals surface area contributed by atoms with E-state index in [9.17, 15) is 9.59 Å². The molecule has 0 aliphatic carbocycles. The van der Waals surface area contributed by atoms with Crippen LogP contribution in [0.3, 0.4) is 0 Å². The summed E-state index contributed by atoms with van der Waals surface area (Å²) in [5.41, 5.74) is 1.91. The molecular formula is C15H15NO7. The van der Waals surface area contributed by atoms with Crippen molar-refractivity contribution >= 4 is 12.3 Å². The van der Waals surface area contributed by atoms with Gasteiger partial charge >= 0.3 is 12.3 Å². The van der Waals surface area contributed by atoms with Crippen LogP contribution in [0.1, 0.15) is 16.8 Å². The van der Waals surface area contributed by atoms with Gasteiger partial charge in [0.1, 0.15) is 5.75 Å². The Morgan fingerprint density at radius 1 is 1.09 bits per heavy atom. The lowest BCUT2D eigenvalue weighted by Gasteiger charge is -2.07. The molecule has 1 aromatic heterocycles. The summed E-state index contributed by atoms with van der Waals surface area (Å²) in [7, 11) is 1.56. The molecule has 0 saturated heterocycles. The molecule has 1 heterocycles. The van der Waals surface area contributed by atoms with E-state index in [-0.39, 0.29) is 11.6 Å². The minimum atomic E-state index is -1.57. The average Bonchev–Trinajstić information content (AvgIpc) is 2.75. The van der Waals surface area contributed by atoms with Gasteiger partial charge < -0.3 is 29.4 Å². The molecule has 122 valence electrons. The van der Waals surface area contributed by atoms with Crippen LogP contribution in [-0.2, 0) is 6.42 Å². The van der Waals surface area contributed by atoms with E-state index in [2.05, 4.69) is 14.5 Å². The molecule has 8 nitrogen and oxygen atoms in total. The summed E-state index contributed by atoms with van der Waals surface area (Å²) >= 11 is 0. The van der Waals surface area contributed by atoms with Gasteiger partial charge in [0.25, 0.3) is 0 Å². The smallest absolute Gasteiger partial charge is 0.497 e. The molecule has 23 heavy (non-hydrogen) atoms. The fourth-order valence-corrected chi connectivity index (χ4v) is 2.12. The highest BCUT2D eigenvalue weighted by atomic mass is 16.7. The summed E-state index contributed by atoms with van der Waals surface area (Å²) in [6.45, 7) is 1.67. The molecule has 0 atom stereocenters. The molecule has 0 saturated carbocycles. The SMILES string of the molecule is COc1ccc(Cc2c(C)[nH]c(OC(=O)O)c2OC(=O)O)cc1. The van der Waals surface area contributed by atoms with E-state index in [1.807, 2.05) is 12.1 Å². The van der Waals surface area contributed by atoms with Crippen LogP contribution in [-0.4, -0.2) is 34.6 Å². The molecule has 0 radical (unpaired) electrons. The van der Waals surface area contributed by atoms with Crippen molar-refractivity contribution in [2.75, 3.05) is 7.11 Å². The van der Waals surface area contributed by atoms with Gasteiger partial charge in [0.2, 0.25) is 5.88 Å². The summed E-state index contributed by atoms with van der Waals surface area (Å²) < 4.78 is 14.3. The van der Waals surface area contributed by atoms with Gasteiger partial charge in [-0.1, -0.05) is 12.1 Å². The quantitative estimate of drug-likeness (QED) is 0.724. The van der Waals surface area contributed by atoms with Crippen LogP contribution in [0.5, 0.6) is 17.4 Å². The summed E-state index contributed by atoms with van der Waals surface area (Å²) in [4.78, 5) is 24.2. The Kier molecular flexibility index (Phi) is 4.75. The molecule has 8 heteroatoms. The standard InChI is InChI=1S/C15H15NO7/c1-8-11(7-9-3-5-10(21-2)6-4-9)12(22-14(17)18)13(16-8)23-15(19)20/h3-6,16H,7H2,1-2H3,(H,17,18)(H,19,20). The fourth-order valence-electron chi connectivity index (χ4n) is 2.12. The Bertz CT molecular complexity index is 718. The number of rotatable bonds is 5. The monoisotopic (exact) mass is 321 g/mol. The highest BCUT2D eigenvalue weighted by molar-refractivity contribution is 5.68. The zero-order valence-corrected chi connectivity index (χ0v) is 12.5. The first kappa shape index (κ1) is 16.2. The predicted octanol–water partition coefficient (Wildman–Crippen LogP) is 3.04. The molecule has 0 fully saturated rings. The van der Waals surface area contributed by atoms with Crippen molar-refractivity contribution in [3.05, 3.63) is 41.1 Å². The maximum absolute atomic E-state index is 10.8. The Balaban J connectivity index is 2.36. The lowest BCUT2D eigenvalue weighted by atomic mass is 10.0. The fraction of sp³-hybridized carbons (Fsp3) is 0.200. The van der Waals surface area contributed by atoms with Crippen LogP contribution in [0.4, 0.5) is 9.59 Å². The zero-order valence-electron chi connectivity index (χ0n) is 12.5. The van der Waals surface area contributed by atoms with Gasteiger partial charge in [0, 0.05) is 17.7 Å². The topological polar surface area (TPSA) is 118 Å². The van der Waals surface area contributed by atoms with Crippen molar-refractivity contribution in [3.63, 3.8) is 0 Å². The summed E-state index contributed by atoms with van der Waals surface area (Å²) in [6.07, 6.45) is -2.80. The molecule has 0 amide bonds. The third kappa shape index (κ3) is 3.94. The van der Waals surface area contributed by atoms with Crippen LogP contribution in [0.2, 0.25) is 0 Å². The van der Waals surface area contributed by atoms with Crippen LogP contribution in [0, 0.1) is 6.92 Å². The van der Waals surface area contributed by atoms with E-state index < -0.39 is 12.3 Å². The summed E-state index contributed by atoms with van der Waals surface area (Å²) in [5, 5.41) is 17.6. The van der Waals surface area contributed by atoms with Crippen molar-refractivity contribution in [1.29, 1.82) is 0 Å². The number of hydrogen-bond acceptors (Lipinski definition) is 5. The first-order valence-corrected chi connectivity index (χ1v) is 6.56. The van der Waals surface area contributed by atoms with E-state index >= 15 is 0 Å². The molecule has 2 aromatic rings. The van der Waals surface area contributed by atoms with Gasteiger partial charge in [-0.3, -0.25) is 0 Å². The second-order valence-corrected chi connectivity index (χ2v) is 4.65. The normalized spacial score (nSPS) is 10.2. The molecule has 0 bridgehead atoms. The van der Waals surface area contributed by atoms with E-state index in [1.165, 1.54) is 0 Å². The highest BCUT2D eigenvalue weighted by Gasteiger charge is 2.22. The van der Waals surface area contributed by atoms with E-state index in [1.54, 1.807) is 26.2 Å². The first-order chi connectivity index (χ1) is 10.9. The predicted molar refractivity (Wildman–Crippen MR) is 78.6 cm³/mol. The summed E-state index contributed by atoms with van der Waals surface area (Å²) in [6, 6.07) is 7.16. The number of hydrogen-bond donors (Lipinski definition) is 3. The number of aromatic nitrogens is 1. The van der Waals surface area contributed by atoms with Crippen LogP contribution < -0.4 is 14.2 Å². The van der Waals surface area contributed by atoms with E-state index in [0.29, 0.717) is 23.4 Å². The number of H-pyrrole nitrogens is 1.